The molecule has 54 heavy (non-hydrogen) atoms. The molecule has 8 aromatic rings. The second kappa shape index (κ2) is 13.6. The lowest BCUT2D eigenvalue weighted by Crippen LogP contribution is -2.21. The van der Waals surface area contributed by atoms with Crippen molar-refractivity contribution in [1.82, 2.24) is 0 Å². The molecule has 1 aliphatic carbocycles. The van der Waals surface area contributed by atoms with E-state index < -0.39 is 0 Å². The van der Waals surface area contributed by atoms with Crippen molar-refractivity contribution < 1.29 is 4.74 Å². The van der Waals surface area contributed by atoms with Gasteiger partial charge in [-0.05, 0) is 98.2 Å². The van der Waals surface area contributed by atoms with Crippen LogP contribution in [0.5, 0.6) is 5.75 Å². The fourth-order valence-electron chi connectivity index (χ4n) is 8.28. The second-order valence-corrected chi connectivity index (χ2v) is 14.0. The van der Waals surface area contributed by atoms with Crippen LogP contribution in [0.25, 0.3) is 49.7 Å². The summed E-state index contributed by atoms with van der Waals surface area (Å²) in [5.41, 5.74) is 14.1. The van der Waals surface area contributed by atoms with Crippen LogP contribution in [0.15, 0.2) is 212 Å². The summed E-state index contributed by atoms with van der Waals surface area (Å²) in [6, 6.07) is 69.5. The molecular formula is C52H37NO. The normalized spacial score (nSPS) is 15.6. The number of rotatable bonds is 7. The van der Waals surface area contributed by atoms with Crippen LogP contribution in [0.1, 0.15) is 17.0 Å². The molecule has 2 heteroatoms. The molecule has 10 rings (SSSR count). The number of ether oxygens (including phenoxy) is 1. The van der Waals surface area contributed by atoms with Gasteiger partial charge >= 0.3 is 0 Å². The molecule has 0 amide bonds. The lowest BCUT2D eigenvalue weighted by molar-refractivity contribution is 0.278. The third kappa shape index (κ3) is 5.70. The Morgan fingerprint density at radius 3 is 1.72 bits per heavy atom. The molecule has 0 N–H and O–H groups in total. The molecule has 8 aromatic carbocycles. The average molecular weight is 692 g/mol. The number of hydrogen-bond acceptors (Lipinski definition) is 2. The summed E-state index contributed by atoms with van der Waals surface area (Å²) in [7, 11) is 0. The first-order valence-electron chi connectivity index (χ1n) is 18.7. The van der Waals surface area contributed by atoms with Gasteiger partial charge in [0.1, 0.15) is 11.9 Å². The number of fused-ring (bicyclic) bond motifs is 5. The Bertz CT molecular complexity index is 2680. The third-order valence-corrected chi connectivity index (χ3v) is 10.8. The molecule has 1 heterocycles. The molecule has 0 saturated heterocycles. The molecule has 0 bridgehead atoms. The number of para-hydroxylation sites is 1. The molecule has 2 atom stereocenters. The summed E-state index contributed by atoms with van der Waals surface area (Å²) in [5.74, 6) is 1.11. The minimum absolute atomic E-state index is 0.103. The standard InChI is InChI=1S/C52H37NO/c1-4-15-36(16-5-1)37-29-31-43(32-30-37)53(42-22-8-3-9-23-42)44-24-13-20-40(34-44)39-19-12-21-41(33-39)45-27-14-28-48-51-47-26-11-10-25-46(47)49(35-50(51)54-52(45)48)38-17-6-2-7-18-38/h1-35,48,52H. The maximum absolute atomic E-state index is 6.95. The highest BCUT2D eigenvalue weighted by atomic mass is 16.5. The molecule has 0 spiro atoms. The van der Waals surface area contributed by atoms with Crippen molar-refractivity contribution in [3.05, 3.63) is 223 Å². The van der Waals surface area contributed by atoms with Gasteiger partial charge in [0.25, 0.3) is 0 Å². The van der Waals surface area contributed by atoms with E-state index in [4.69, 9.17) is 4.74 Å². The topological polar surface area (TPSA) is 12.5 Å². The van der Waals surface area contributed by atoms with E-state index in [0.717, 1.165) is 28.4 Å². The Morgan fingerprint density at radius 2 is 0.963 bits per heavy atom. The van der Waals surface area contributed by atoms with Crippen LogP contribution >= 0.6 is 0 Å². The number of anilines is 3. The van der Waals surface area contributed by atoms with Gasteiger partial charge in [0.2, 0.25) is 0 Å². The van der Waals surface area contributed by atoms with Crippen LogP contribution < -0.4 is 9.64 Å². The number of allylic oxidation sites excluding steroid dienone is 2. The number of hydrogen-bond donors (Lipinski definition) is 0. The zero-order chi connectivity index (χ0) is 35.8. The fourth-order valence-corrected chi connectivity index (χ4v) is 8.28. The number of nitrogens with zero attached hydrogens (tertiary/aromatic N) is 1. The van der Waals surface area contributed by atoms with Crippen molar-refractivity contribution in [1.29, 1.82) is 0 Å². The van der Waals surface area contributed by atoms with Crippen LogP contribution in [0.3, 0.4) is 0 Å². The summed E-state index contributed by atoms with van der Waals surface area (Å²) in [6.45, 7) is 0. The van der Waals surface area contributed by atoms with E-state index in [-0.39, 0.29) is 12.0 Å². The first-order chi connectivity index (χ1) is 26.8. The first-order valence-corrected chi connectivity index (χ1v) is 18.7. The van der Waals surface area contributed by atoms with Crippen molar-refractivity contribution in [3.63, 3.8) is 0 Å². The molecule has 2 nitrogen and oxygen atoms in total. The van der Waals surface area contributed by atoms with E-state index >= 15 is 0 Å². The molecule has 1 aliphatic heterocycles. The van der Waals surface area contributed by atoms with Gasteiger partial charge in [-0.25, -0.2) is 0 Å². The largest absolute Gasteiger partial charge is 0.484 e. The molecule has 0 fully saturated rings. The summed E-state index contributed by atoms with van der Waals surface area (Å²) < 4.78 is 6.95. The smallest absolute Gasteiger partial charge is 0.135 e. The molecule has 2 aliphatic rings. The van der Waals surface area contributed by atoms with Gasteiger partial charge in [0, 0.05) is 34.1 Å². The van der Waals surface area contributed by atoms with E-state index in [0.29, 0.717) is 0 Å². The molecule has 0 radical (unpaired) electrons. The van der Waals surface area contributed by atoms with E-state index in [1.54, 1.807) is 0 Å². The Kier molecular flexibility index (Phi) is 8.00. The van der Waals surface area contributed by atoms with Gasteiger partial charge in [-0.1, -0.05) is 164 Å². The van der Waals surface area contributed by atoms with Crippen LogP contribution in [0.2, 0.25) is 0 Å². The van der Waals surface area contributed by atoms with Crippen LogP contribution in [0.4, 0.5) is 17.1 Å². The maximum Gasteiger partial charge on any atom is 0.135 e. The Balaban J connectivity index is 0.994. The minimum Gasteiger partial charge on any atom is -0.484 e. The van der Waals surface area contributed by atoms with Crippen molar-refractivity contribution >= 4 is 33.4 Å². The van der Waals surface area contributed by atoms with E-state index in [1.807, 2.05) is 0 Å². The third-order valence-electron chi connectivity index (χ3n) is 10.8. The fraction of sp³-hybridized carbons (Fsp3) is 0.0385. The van der Waals surface area contributed by atoms with Gasteiger partial charge in [0.15, 0.2) is 0 Å². The van der Waals surface area contributed by atoms with Crippen molar-refractivity contribution in [3.8, 4) is 39.1 Å². The Morgan fingerprint density at radius 1 is 0.407 bits per heavy atom. The van der Waals surface area contributed by atoms with Crippen LogP contribution in [-0.4, -0.2) is 6.10 Å². The highest BCUT2D eigenvalue weighted by Gasteiger charge is 2.39. The van der Waals surface area contributed by atoms with Gasteiger partial charge in [-0.2, -0.15) is 0 Å². The zero-order valence-electron chi connectivity index (χ0n) is 29.7. The monoisotopic (exact) mass is 691 g/mol. The molecule has 0 saturated carbocycles. The predicted molar refractivity (Wildman–Crippen MR) is 226 cm³/mol. The van der Waals surface area contributed by atoms with Gasteiger partial charge in [-0.3, -0.25) is 0 Å². The maximum atomic E-state index is 6.95. The second-order valence-electron chi connectivity index (χ2n) is 14.0. The van der Waals surface area contributed by atoms with Crippen molar-refractivity contribution in [2.45, 2.75) is 12.0 Å². The molecule has 0 aromatic heterocycles. The highest BCUT2D eigenvalue weighted by molar-refractivity contribution is 6.01. The van der Waals surface area contributed by atoms with Crippen LogP contribution in [0, 0.1) is 0 Å². The number of benzene rings is 8. The van der Waals surface area contributed by atoms with Crippen molar-refractivity contribution in [2.24, 2.45) is 0 Å². The quantitative estimate of drug-likeness (QED) is 0.165. The Labute approximate surface area is 316 Å². The van der Waals surface area contributed by atoms with E-state index in [9.17, 15) is 0 Å². The van der Waals surface area contributed by atoms with E-state index in [2.05, 4.69) is 217 Å². The lowest BCUT2D eigenvalue weighted by Gasteiger charge is -2.26. The predicted octanol–water partition coefficient (Wildman–Crippen LogP) is 13.8. The summed E-state index contributed by atoms with van der Waals surface area (Å²) >= 11 is 0. The molecule has 2 unspecified atom stereocenters. The summed E-state index contributed by atoms with van der Waals surface area (Å²) in [6.07, 6.45) is 6.66. The Hall–Kier alpha value is -6.90. The minimum atomic E-state index is -0.103. The zero-order valence-corrected chi connectivity index (χ0v) is 29.7. The summed E-state index contributed by atoms with van der Waals surface area (Å²) in [5, 5.41) is 2.52. The summed E-state index contributed by atoms with van der Waals surface area (Å²) in [4.78, 5) is 2.33. The molecule has 256 valence electrons. The molecular weight excluding hydrogens is 655 g/mol. The average Bonchev–Trinajstić information content (AvgIpc) is 3.64. The SMILES string of the molecule is C1=CC2c3c(cc(-c4ccccc4)c4ccccc34)OC2C(c2cccc(-c3cccc(N(c4ccccc4)c4ccc(-c5ccccc5)cc4)c3)c2)=C1. The lowest BCUT2D eigenvalue weighted by atomic mass is 9.81. The first kappa shape index (κ1) is 31.8. The van der Waals surface area contributed by atoms with Gasteiger partial charge in [-0.15, -0.1) is 0 Å². The van der Waals surface area contributed by atoms with Gasteiger partial charge < -0.3 is 9.64 Å². The highest BCUT2D eigenvalue weighted by Crippen LogP contribution is 2.51. The van der Waals surface area contributed by atoms with E-state index in [1.165, 1.54) is 55.3 Å². The van der Waals surface area contributed by atoms with Crippen LogP contribution in [-0.2, 0) is 0 Å². The van der Waals surface area contributed by atoms with Crippen molar-refractivity contribution in [2.75, 3.05) is 4.90 Å². The van der Waals surface area contributed by atoms with Gasteiger partial charge in [0.05, 0.1) is 0 Å².